The topological polar surface area (TPSA) is 29.5 Å². The number of hydrogen-bond donors (Lipinski definition) is 1. The van der Waals surface area contributed by atoms with Gasteiger partial charge in [0, 0.05) is 0 Å². The van der Waals surface area contributed by atoms with Gasteiger partial charge >= 0.3 is 0 Å². The molecule has 2 aliphatic rings. The van der Waals surface area contributed by atoms with E-state index in [2.05, 4.69) is 6.07 Å². The molecule has 0 aliphatic heterocycles. The van der Waals surface area contributed by atoms with Gasteiger partial charge in [0.1, 0.15) is 11.5 Å². The summed E-state index contributed by atoms with van der Waals surface area (Å²) in [4.78, 5) is 0. The van der Waals surface area contributed by atoms with E-state index in [1.165, 1.54) is 25.7 Å². The third kappa shape index (κ3) is 2.13. The van der Waals surface area contributed by atoms with Gasteiger partial charge in [0.05, 0.1) is 6.61 Å². The van der Waals surface area contributed by atoms with E-state index in [-0.39, 0.29) is 0 Å². The normalized spacial score (nSPS) is 28.1. The molecule has 0 spiro atoms. The maximum Gasteiger partial charge on any atom is 0.119 e. The number of aromatic hydroxyl groups is 1. The zero-order valence-electron chi connectivity index (χ0n) is 11.6. The van der Waals surface area contributed by atoms with Gasteiger partial charge in [-0.05, 0) is 72.1 Å². The Kier molecular flexibility index (Phi) is 2.83. The SMILES string of the molecule is Oc1ccc2ccc(OCC3CC4CCC3C4)cc2c1. The maximum absolute atomic E-state index is 9.55. The molecule has 2 saturated carbocycles. The standard InChI is InChI=1S/C18H20O2/c19-17-5-3-13-4-6-18(10-15(13)9-17)20-11-16-8-12-1-2-14(16)7-12/h3-6,9-10,12,14,16,19H,1-2,7-8,11H2. The largest absolute Gasteiger partial charge is 0.508 e. The second kappa shape index (κ2) is 4.69. The summed E-state index contributed by atoms with van der Waals surface area (Å²) in [5.74, 6) is 3.87. The van der Waals surface area contributed by atoms with Crippen molar-refractivity contribution >= 4 is 10.8 Å². The van der Waals surface area contributed by atoms with Gasteiger partial charge in [0.15, 0.2) is 0 Å². The molecule has 0 amide bonds. The Bertz CT molecular complexity index is 634. The highest BCUT2D eigenvalue weighted by atomic mass is 16.5. The molecule has 1 N–H and O–H groups in total. The summed E-state index contributed by atoms with van der Waals surface area (Å²) < 4.78 is 6.01. The fraction of sp³-hybridized carbons (Fsp3) is 0.444. The minimum atomic E-state index is 0.308. The molecule has 0 aromatic heterocycles. The Morgan fingerprint density at radius 2 is 1.90 bits per heavy atom. The summed E-state index contributed by atoms with van der Waals surface area (Å²) in [7, 11) is 0. The van der Waals surface area contributed by atoms with Crippen LogP contribution in [-0.2, 0) is 0 Å². The number of fused-ring (bicyclic) bond motifs is 3. The van der Waals surface area contributed by atoms with Crippen molar-refractivity contribution in [3.05, 3.63) is 36.4 Å². The average molecular weight is 268 g/mol. The highest BCUT2D eigenvalue weighted by molar-refractivity contribution is 5.85. The molecule has 0 radical (unpaired) electrons. The molecule has 4 rings (SSSR count). The maximum atomic E-state index is 9.55. The zero-order chi connectivity index (χ0) is 13.5. The van der Waals surface area contributed by atoms with Crippen LogP contribution < -0.4 is 4.74 Å². The molecule has 2 heteroatoms. The number of rotatable bonds is 3. The van der Waals surface area contributed by atoms with Gasteiger partial charge in [-0.3, -0.25) is 0 Å². The van der Waals surface area contributed by atoms with Crippen LogP contribution in [0.25, 0.3) is 10.8 Å². The summed E-state index contributed by atoms with van der Waals surface area (Å²) >= 11 is 0. The third-order valence-electron chi connectivity index (χ3n) is 5.14. The van der Waals surface area contributed by atoms with Crippen LogP contribution in [0.15, 0.2) is 36.4 Å². The number of benzene rings is 2. The van der Waals surface area contributed by atoms with Crippen LogP contribution in [0.3, 0.4) is 0 Å². The summed E-state index contributed by atoms with van der Waals surface area (Å²) in [5.41, 5.74) is 0. The first-order valence-corrected chi connectivity index (χ1v) is 7.63. The molecule has 3 atom stereocenters. The van der Waals surface area contributed by atoms with Gasteiger partial charge in [-0.15, -0.1) is 0 Å². The van der Waals surface area contributed by atoms with E-state index in [4.69, 9.17) is 4.74 Å². The van der Waals surface area contributed by atoms with Crippen molar-refractivity contribution in [2.24, 2.45) is 17.8 Å². The molecule has 0 saturated heterocycles. The molecule has 3 unspecified atom stereocenters. The van der Waals surface area contributed by atoms with Gasteiger partial charge in [0.25, 0.3) is 0 Å². The second-order valence-corrected chi connectivity index (χ2v) is 6.44. The zero-order valence-corrected chi connectivity index (χ0v) is 11.6. The molecule has 2 aromatic rings. The Morgan fingerprint density at radius 3 is 2.70 bits per heavy atom. The predicted octanol–water partition coefficient (Wildman–Crippen LogP) is 4.36. The van der Waals surface area contributed by atoms with Crippen molar-refractivity contribution in [3.63, 3.8) is 0 Å². The van der Waals surface area contributed by atoms with Crippen LogP contribution in [0.2, 0.25) is 0 Å². The number of ether oxygens (including phenoxy) is 1. The molecular weight excluding hydrogens is 248 g/mol. The van der Waals surface area contributed by atoms with Crippen molar-refractivity contribution in [3.8, 4) is 11.5 Å². The quantitative estimate of drug-likeness (QED) is 0.896. The minimum Gasteiger partial charge on any atom is -0.508 e. The van der Waals surface area contributed by atoms with Crippen molar-refractivity contribution in [1.82, 2.24) is 0 Å². The van der Waals surface area contributed by atoms with Gasteiger partial charge in [-0.1, -0.05) is 18.6 Å². The Balaban J connectivity index is 1.48. The fourth-order valence-electron chi connectivity index (χ4n) is 4.09. The van der Waals surface area contributed by atoms with Crippen LogP contribution in [0.1, 0.15) is 25.7 Å². The van der Waals surface area contributed by atoms with Crippen LogP contribution in [0.5, 0.6) is 11.5 Å². The molecule has 2 nitrogen and oxygen atoms in total. The smallest absolute Gasteiger partial charge is 0.119 e. The van der Waals surface area contributed by atoms with E-state index >= 15 is 0 Å². The fourth-order valence-corrected chi connectivity index (χ4v) is 4.09. The Labute approximate surface area is 119 Å². The predicted molar refractivity (Wildman–Crippen MR) is 80.0 cm³/mol. The first-order valence-electron chi connectivity index (χ1n) is 7.63. The third-order valence-corrected chi connectivity index (χ3v) is 5.14. The van der Waals surface area contributed by atoms with Gasteiger partial charge in [0.2, 0.25) is 0 Å². The van der Waals surface area contributed by atoms with E-state index in [0.29, 0.717) is 5.75 Å². The second-order valence-electron chi connectivity index (χ2n) is 6.44. The van der Waals surface area contributed by atoms with Gasteiger partial charge in [-0.2, -0.15) is 0 Å². The van der Waals surface area contributed by atoms with Crippen LogP contribution in [0.4, 0.5) is 0 Å². The van der Waals surface area contributed by atoms with Crippen molar-refractivity contribution < 1.29 is 9.84 Å². The van der Waals surface area contributed by atoms with Crippen LogP contribution >= 0.6 is 0 Å². The van der Waals surface area contributed by atoms with E-state index in [9.17, 15) is 5.11 Å². The summed E-state index contributed by atoms with van der Waals surface area (Å²) in [6.07, 6.45) is 5.64. The summed E-state index contributed by atoms with van der Waals surface area (Å²) in [6.45, 7) is 0.853. The van der Waals surface area contributed by atoms with E-state index in [0.717, 1.165) is 40.9 Å². The van der Waals surface area contributed by atoms with Gasteiger partial charge < -0.3 is 9.84 Å². The van der Waals surface area contributed by atoms with E-state index < -0.39 is 0 Å². The van der Waals surface area contributed by atoms with Crippen LogP contribution in [0, 0.1) is 17.8 Å². The lowest BCUT2D eigenvalue weighted by atomic mass is 9.89. The molecule has 2 aromatic carbocycles. The Hall–Kier alpha value is -1.70. The highest BCUT2D eigenvalue weighted by Crippen LogP contribution is 2.48. The van der Waals surface area contributed by atoms with Crippen molar-refractivity contribution in [2.45, 2.75) is 25.7 Å². The first kappa shape index (κ1) is 12.1. The number of phenols is 1. The first-order chi connectivity index (χ1) is 9.78. The minimum absolute atomic E-state index is 0.308. The molecule has 2 fully saturated rings. The van der Waals surface area contributed by atoms with Crippen molar-refractivity contribution in [1.29, 1.82) is 0 Å². The van der Waals surface area contributed by atoms with Crippen LogP contribution in [-0.4, -0.2) is 11.7 Å². The van der Waals surface area contributed by atoms with Crippen molar-refractivity contribution in [2.75, 3.05) is 6.61 Å². The summed E-state index contributed by atoms with van der Waals surface area (Å²) in [5, 5.41) is 11.7. The van der Waals surface area contributed by atoms with E-state index in [1.54, 1.807) is 12.1 Å². The molecule has 0 heterocycles. The van der Waals surface area contributed by atoms with Gasteiger partial charge in [-0.25, -0.2) is 0 Å². The molecule has 2 bridgehead atoms. The monoisotopic (exact) mass is 268 g/mol. The lowest BCUT2D eigenvalue weighted by Crippen LogP contribution is -2.18. The molecular formula is C18H20O2. The lowest BCUT2D eigenvalue weighted by Gasteiger charge is -2.21. The number of phenolic OH excluding ortho intramolecular Hbond substituents is 1. The van der Waals surface area contributed by atoms with E-state index in [1.807, 2.05) is 18.2 Å². The lowest BCUT2D eigenvalue weighted by molar-refractivity contribution is 0.195. The highest BCUT2D eigenvalue weighted by Gasteiger charge is 2.39. The number of hydrogen-bond acceptors (Lipinski definition) is 2. The molecule has 20 heavy (non-hydrogen) atoms. The molecule has 2 aliphatic carbocycles. The average Bonchev–Trinajstić information content (AvgIpc) is 3.07. The Morgan fingerprint density at radius 1 is 1.00 bits per heavy atom. The molecule has 104 valence electrons. The summed E-state index contributed by atoms with van der Waals surface area (Å²) in [6, 6.07) is 11.6.